The van der Waals surface area contributed by atoms with Crippen molar-refractivity contribution in [1.82, 2.24) is 18.3 Å². The monoisotopic (exact) mass is 1210 g/mol. The number of para-hydroxylation sites is 4. The lowest BCUT2D eigenvalue weighted by Gasteiger charge is -2.28. The molecule has 0 spiro atoms. The summed E-state index contributed by atoms with van der Waals surface area (Å²) in [5.41, 5.74) is 11.0. The second kappa shape index (κ2) is 17.8. The maximum Gasteiger partial charge on any atom is 0.103 e. The molecule has 10 heteroatoms. The number of fused-ring (bicyclic) bond motifs is 24. The van der Waals surface area contributed by atoms with E-state index in [1.165, 1.54) is 59.1 Å². The Bertz CT molecular complexity index is 6530. The number of benzene rings is 13. The number of nitrogens with zero attached hydrogens (tertiary/aromatic N) is 6. The fraction of sp³-hybridized carbons (Fsp3) is 0. The van der Waals surface area contributed by atoms with E-state index in [2.05, 4.69) is 273 Å². The van der Waals surface area contributed by atoms with Crippen molar-refractivity contribution in [3.63, 3.8) is 0 Å². The highest BCUT2D eigenvalue weighted by Gasteiger charge is 2.36. The summed E-state index contributed by atoms with van der Waals surface area (Å²) < 4.78 is 19.3. The average molecular weight is 1210 g/mol. The van der Waals surface area contributed by atoms with E-state index in [0.29, 0.717) is 11.4 Å². The first-order chi connectivity index (χ1) is 44.6. The minimum atomic E-state index is 0.275. The lowest BCUT2D eigenvalue weighted by Crippen LogP contribution is -2.17. The predicted molar refractivity (Wildman–Crippen MR) is 385 cm³/mol. The topological polar surface area (TPSA) is 67.3 Å². The van der Waals surface area contributed by atoms with Crippen LogP contribution in [0.1, 0.15) is 11.1 Å². The zero-order valence-electron chi connectivity index (χ0n) is 47.4. The van der Waals surface area contributed by atoms with Gasteiger partial charge in [-0.05, 0) is 97.1 Å². The molecular formula is C80H40N6S4. The van der Waals surface area contributed by atoms with E-state index in [1.807, 2.05) is 22.7 Å². The Morgan fingerprint density at radius 3 is 0.678 bits per heavy atom. The zero-order chi connectivity index (χ0) is 58.8. The van der Waals surface area contributed by atoms with E-state index >= 15 is 0 Å². The van der Waals surface area contributed by atoms with Crippen LogP contribution in [-0.2, 0) is 0 Å². The smallest absolute Gasteiger partial charge is 0.103 e. The van der Waals surface area contributed by atoms with Crippen molar-refractivity contribution in [3.8, 4) is 34.9 Å². The summed E-state index contributed by atoms with van der Waals surface area (Å²) in [5.74, 6) is 0. The van der Waals surface area contributed by atoms with Gasteiger partial charge in [-0.3, -0.25) is 0 Å². The van der Waals surface area contributed by atoms with Crippen molar-refractivity contribution >= 4 is 213 Å². The van der Waals surface area contributed by atoms with E-state index in [4.69, 9.17) is 0 Å². The van der Waals surface area contributed by atoms with Gasteiger partial charge in [-0.15, -0.1) is 45.3 Å². The molecule has 0 saturated carbocycles. The molecule has 0 atom stereocenters. The van der Waals surface area contributed by atoms with Crippen LogP contribution in [0, 0.1) is 22.7 Å². The Morgan fingerprint density at radius 1 is 0.200 bits per heavy atom. The molecular weight excluding hydrogens is 1170 g/mol. The third kappa shape index (κ3) is 6.32. The molecule has 6 nitrogen and oxygen atoms in total. The minimum Gasteiger partial charge on any atom is -0.306 e. The molecule has 0 fully saturated rings. The Morgan fingerprint density at radius 2 is 0.422 bits per heavy atom. The first-order valence-corrected chi connectivity index (χ1v) is 33.3. The molecule has 90 heavy (non-hydrogen) atoms. The van der Waals surface area contributed by atoms with Gasteiger partial charge in [-0.1, -0.05) is 146 Å². The molecule has 0 aliphatic carbocycles. The van der Waals surface area contributed by atoms with E-state index in [-0.39, 0.29) is 11.1 Å². The van der Waals surface area contributed by atoms with E-state index in [9.17, 15) is 10.5 Å². The minimum absolute atomic E-state index is 0.275. The Balaban J connectivity index is 1.08. The van der Waals surface area contributed by atoms with Crippen molar-refractivity contribution < 1.29 is 0 Å². The first kappa shape index (κ1) is 49.0. The van der Waals surface area contributed by atoms with Crippen LogP contribution in [0.3, 0.4) is 0 Å². The highest BCUT2D eigenvalue weighted by Crippen LogP contribution is 2.53. The van der Waals surface area contributed by atoms with Gasteiger partial charge in [0.1, 0.15) is 12.1 Å². The number of hydrogen-bond donors (Lipinski definition) is 0. The molecule has 0 N–H and O–H groups in total. The molecule has 0 aliphatic rings. The zero-order valence-corrected chi connectivity index (χ0v) is 50.7. The standard InChI is InChI=1S/C80H40N6S4/c81-41-59-60(42-82)78(84-62-26-10-2-18-44(62)52-38-74-56(34-66(52)84)48-22-6-14-30-70(48)88-74)80(86-64-28-12-4-20-46(64)54-40-76-58(36-68(54)86)50-24-8-16-32-72(50)90-76)79(85-63-27-11-3-19-45(63)53-39-75-57(35-67(53)85)49-23-7-15-31-71(49)89-75)77(59)83-61-25-9-1-17-43(61)51-37-73-55(33-65(51)83)47-21-5-13-29-69(47)87-73/h1-40H. The number of thiophene rings is 4. The average Bonchev–Trinajstić information content (AvgIpc) is 1.47. The first-order valence-electron chi connectivity index (χ1n) is 30.0. The summed E-state index contributed by atoms with van der Waals surface area (Å²) >= 11 is 7.25. The Kier molecular flexibility index (Phi) is 9.69. The highest BCUT2D eigenvalue weighted by atomic mass is 32.1. The van der Waals surface area contributed by atoms with Crippen molar-refractivity contribution in [2.24, 2.45) is 0 Å². The largest absolute Gasteiger partial charge is 0.306 e. The molecule has 8 heterocycles. The summed E-state index contributed by atoms with van der Waals surface area (Å²) in [7, 11) is 0. The van der Waals surface area contributed by atoms with Crippen molar-refractivity contribution in [3.05, 3.63) is 254 Å². The van der Waals surface area contributed by atoms with Crippen LogP contribution < -0.4 is 0 Å². The molecule has 0 amide bonds. The number of hydrogen-bond acceptors (Lipinski definition) is 6. The molecule has 0 aliphatic heterocycles. The quantitative estimate of drug-likeness (QED) is 0.176. The molecule has 414 valence electrons. The van der Waals surface area contributed by atoms with Gasteiger partial charge < -0.3 is 18.3 Å². The SMILES string of the molecule is N#Cc1c(C#N)c(-n2c3ccccc3c3cc4sc5ccccc5c4cc32)c(-n2c3ccccc3c3cc4sc5ccccc5c4cc32)c(-n2c3ccccc3c3cc4sc5ccccc5c4cc32)c1-n1c2ccccc2c2cc3sc4ccccc4c3cc21. The van der Waals surface area contributed by atoms with Crippen molar-refractivity contribution in [2.45, 2.75) is 0 Å². The van der Waals surface area contributed by atoms with E-state index < -0.39 is 0 Å². The number of rotatable bonds is 4. The maximum atomic E-state index is 12.8. The summed E-state index contributed by atoms with van der Waals surface area (Å²) in [6, 6.07) is 94.5. The van der Waals surface area contributed by atoms with Crippen LogP contribution in [0.2, 0.25) is 0 Å². The molecule has 13 aromatic carbocycles. The second-order valence-electron chi connectivity index (χ2n) is 23.6. The lowest BCUT2D eigenvalue weighted by atomic mass is 9.98. The summed E-state index contributed by atoms with van der Waals surface area (Å²) in [4.78, 5) is 0. The van der Waals surface area contributed by atoms with Gasteiger partial charge >= 0.3 is 0 Å². The fourth-order valence-electron chi connectivity index (χ4n) is 15.5. The molecule has 21 rings (SSSR count). The summed E-state index contributed by atoms with van der Waals surface area (Å²) in [6.07, 6.45) is 0. The molecule has 0 saturated heterocycles. The maximum absolute atomic E-state index is 12.8. The lowest BCUT2D eigenvalue weighted by molar-refractivity contribution is 1.01. The van der Waals surface area contributed by atoms with Crippen LogP contribution in [0.15, 0.2) is 243 Å². The van der Waals surface area contributed by atoms with Gasteiger partial charge in [0.05, 0.1) is 78.0 Å². The highest BCUT2D eigenvalue weighted by molar-refractivity contribution is 7.27. The Labute approximate surface area is 526 Å². The molecule has 21 aromatic rings. The van der Waals surface area contributed by atoms with Gasteiger partial charge in [-0.2, -0.15) is 10.5 Å². The molecule has 0 radical (unpaired) electrons. The normalized spacial score (nSPS) is 12.4. The summed E-state index contributed by atoms with van der Waals surface area (Å²) in [5, 5.41) is 43.6. The van der Waals surface area contributed by atoms with Gasteiger partial charge in [-0.25, -0.2) is 0 Å². The van der Waals surface area contributed by atoms with Gasteiger partial charge in [0, 0.05) is 124 Å². The predicted octanol–water partition coefficient (Wildman–Crippen LogP) is 23.3. The van der Waals surface area contributed by atoms with Gasteiger partial charge in [0.25, 0.3) is 0 Å². The third-order valence-corrected chi connectivity index (χ3v) is 23.7. The number of aromatic nitrogens is 4. The van der Waals surface area contributed by atoms with Crippen LogP contribution in [0.25, 0.3) is 191 Å². The molecule has 8 aromatic heterocycles. The van der Waals surface area contributed by atoms with Gasteiger partial charge in [0.15, 0.2) is 0 Å². The third-order valence-electron chi connectivity index (χ3n) is 19.2. The van der Waals surface area contributed by atoms with Crippen LogP contribution in [-0.4, -0.2) is 18.3 Å². The fourth-order valence-corrected chi connectivity index (χ4v) is 20.0. The van der Waals surface area contributed by atoms with E-state index in [1.54, 1.807) is 22.7 Å². The van der Waals surface area contributed by atoms with Gasteiger partial charge in [0.2, 0.25) is 0 Å². The summed E-state index contributed by atoms with van der Waals surface area (Å²) in [6.45, 7) is 0. The van der Waals surface area contributed by atoms with Crippen LogP contribution in [0.5, 0.6) is 0 Å². The molecule has 0 unspecified atom stereocenters. The van der Waals surface area contributed by atoms with Crippen molar-refractivity contribution in [1.29, 1.82) is 10.5 Å². The van der Waals surface area contributed by atoms with Crippen LogP contribution in [0.4, 0.5) is 0 Å². The van der Waals surface area contributed by atoms with E-state index in [0.717, 1.165) is 120 Å². The Hall–Kier alpha value is -11.1. The second-order valence-corrected chi connectivity index (χ2v) is 28.0. The van der Waals surface area contributed by atoms with Crippen LogP contribution >= 0.6 is 45.3 Å². The van der Waals surface area contributed by atoms with Crippen molar-refractivity contribution in [2.75, 3.05) is 0 Å². The number of nitriles is 2. The molecule has 0 bridgehead atoms.